The standard InChI is InChI=1S/C50H68N12O16/c1-27(2)16-32(44(71)57-35(20-41(67)68)46(73)60-37(24-64)47(74)59-36(50(77)78)18-29-12-7-4-8-13-29)55-40(66)22-53-43(70)33(17-28-10-5-3-6-11-28)58-48(75)39-14-9-15-62(39)49(76)38(25-65)61-45(72)34(19-30-21-52-26-54-30)56-42(69)31(51)23-63/h3-8,10-13,21,26-27,31-39,63-65H,9,14-20,22-25,51H2,1-2H3,(H,52,54)(H,53,70)(H,55,66)(H,56,69)(H,57,71)(H,58,75)(H,59,74)(H,60,73)(H,61,72)(H,67,68)(H,77,78)/t31-,32-,33-,34-,35-,36-,37-,38-,39-/m0/s1. The molecule has 1 aromatic heterocycles. The summed E-state index contributed by atoms with van der Waals surface area (Å²) in [5.74, 6) is -11.9. The van der Waals surface area contributed by atoms with Crippen molar-refractivity contribution in [2.75, 3.05) is 32.9 Å². The number of imidazole rings is 1. The van der Waals surface area contributed by atoms with E-state index >= 15 is 0 Å². The Morgan fingerprint density at radius 2 is 1.15 bits per heavy atom. The van der Waals surface area contributed by atoms with E-state index in [4.69, 9.17) is 5.73 Å². The van der Waals surface area contributed by atoms with Gasteiger partial charge in [-0.25, -0.2) is 9.78 Å². The van der Waals surface area contributed by atoms with Crippen LogP contribution in [-0.2, 0) is 72.0 Å². The number of nitrogens with two attached hydrogens (primary N) is 1. The molecule has 424 valence electrons. The maximum absolute atomic E-state index is 14.0. The van der Waals surface area contributed by atoms with Gasteiger partial charge in [0.1, 0.15) is 54.4 Å². The number of likely N-dealkylation sites (tertiary alicyclic amines) is 1. The van der Waals surface area contributed by atoms with Crippen LogP contribution < -0.4 is 48.3 Å². The summed E-state index contributed by atoms with van der Waals surface area (Å²) in [4.78, 5) is 153. The lowest BCUT2D eigenvalue weighted by atomic mass is 10.0. The van der Waals surface area contributed by atoms with Gasteiger partial charge in [-0.15, -0.1) is 0 Å². The number of carboxylic acid groups (broad SMARTS) is 2. The van der Waals surface area contributed by atoms with Crippen molar-refractivity contribution >= 4 is 65.1 Å². The van der Waals surface area contributed by atoms with E-state index in [0.717, 1.165) is 4.90 Å². The van der Waals surface area contributed by atoms with Gasteiger partial charge in [-0.1, -0.05) is 74.5 Å². The minimum Gasteiger partial charge on any atom is -0.481 e. The number of carbonyl (C=O) groups is 11. The summed E-state index contributed by atoms with van der Waals surface area (Å²) in [5, 5.41) is 68.0. The lowest BCUT2D eigenvalue weighted by molar-refractivity contribution is -0.143. The fraction of sp³-hybridized carbons (Fsp3) is 0.480. The first-order valence-corrected chi connectivity index (χ1v) is 24.9. The molecule has 1 aliphatic heterocycles. The molecule has 0 bridgehead atoms. The molecule has 4 rings (SSSR count). The maximum Gasteiger partial charge on any atom is 0.326 e. The number of aromatic nitrogens is 2. The lowest BCUT2D eigenvalue weighted by Crippen LogP contribution is -2.60. The zero-order valence-corrected chi connectivity index (χ0v) is 42.9. The number of aliphatic hydroxyl groups is 3. The van der Waals surface area contributed by atoms with Gasteiger partial charge in [0.05, 0.1) is 39.1 Å². The first kappa shape index (κ1) is 62.2. The van der Waals surface area contributed by atoms with E-state index in [0.29, 0.717) is 23.2 Å². The summed E-state index contributed by atoms with van der Waals surface area (Å²) < 4.78 is 0. The van der Waals surface area contributed by atoms with Gasteiger partial charge in [-0.2, -0.15) is 0 Å². The number of rotatable bonds is 31. The summed E-state index contributed by atoms with van der Waals surface area (Å²) in [6, 6.07) is 3.18. The van der Waals surface area contributed by atoms with Crippen LogP contribution >= 0.6 is 0 Å². The Hall–Kier alpha value is -8.34. The second-order valence-electron chi connectivity index (χ2n) is 18.8. The number of H-pyrrole nitrogens is 1. The average Bonchev–Trinajstić information content (AvgIpc) is 4.13. The molecule has 2 heterocycles. The monoisotopic (exact) mass is 1090 g/mol. The number of nitrogens with zero attached hydrogens (tertiary/aromatic N) is 2. The van der Waals surface area contributed by atoms with Gasteiger partial charge < -0.3 is 83.7 Å². The molecule has 78 heavy (non-hydrogen) atoms. The maximum atomic E-state index is 14.0. The van der Waals surface area contributed by atoms with Crippen LogP contribution in [0.25, 0.3) is 0 Å². The SMILES string of the molecule is CC(C)C[C@H](NC(=O)CNC(=O)[C@H](Cc1ccccc1)NC(=O)[C@@H]1CCCN1C(=O)[C@H](CO)NC(=O)[C@H](Cc1cnc[nH]1)NC(=O)[C@@H](N)CO)C(=O)N[C@@H](CC(=O)O)C(=O)N[C@@H](CO)C(=O)N[C@@H](Cc1ccccc1)C(=O)O. The van der Waals surface area contributed by atoms with E-state index in [1.54, 1.807) is 74.5 Å². The zero-order valence-electron chi connectivity index (χ0n) is 42.9. The third-order valence-corrected chi connectivity index (χ3v) is 12.2. The number of benzene rings is 2. The highest BCUT2D eigenvalue weighted by Gasteiger charge is 2.40. The fourth-order valence-electron chi connectivity index (χ4n) is 8.16. The van der Waals surface area contributed by atoms with Crippen LogP contribution in [0.5, 0.6) is 0 Å². The highest BCUT2D eigenvalue weighted by atomic mass is 16.4. The summed E-state index contributed by atoms with van der Waals surface area (Å²) in [5.41, 5.74) is 7.17. The molecular formula is C50H68N12O16. The van der Waals surface area contributed by atoms with Gasteiger partial charge in [0.15, 0.2) is 0 Å². The van der Waals surface area contributed by atoms with E-state index in [1.165, 1.54) is 12.5 Å². The quantitative estimate of drug-likeness (QED) is 0.0286. The van der Waals surface area contributed by atoms with Gasteiger partial charge in [0, 0.05) is 37.7 Å². The lowest BCUT2D eigenvalue weighted by Gasteiger charge is -2.30. The molecule has 16 N–H and O–H groups in total. The third kappa shape index (κ3) is 19.7. The molecule has 28 nitrogen and oxygen atoms in total. The molecule has 3 aromatic rings. The predicted molar refractivity (Wildman–Crippen MR) is 272 cm³/mol. The molecule has 0 radical (unpaired) electrons. The number of carbonyl (C=O) groups excluding carboxylic acids is 9. The van der Waals surface area contributed by atoms with Crippen molar-refractivity contribution in [3.63, 3.8) is 0 Å². The van der Waals surface area contributed by atoms with Gasteiger partial charge in [-0.3, -0.25) is 47.9 Å². The van der Waals surface area contributed by atoms with E-state index < -0.39 is 152 Å². The fourth-order valence-corrected chi connectivity index (χ4v) is 8.16. The number of carboxylic acids is 2. The number of nitrogens with one attached hydrogen (secondary N) is 9. The van der Waals surface area contributed by atoms with Crippen molar-refractivity contribution in [1.82, 2.24) is 57.4 Å². The van der Waals surface area contributed by atoms with Gasteiger partial charge in [0.25, 0.3) is 0 Å². The smallest absolute Gasteiger partial charge is 0.326 e. The molecular weight excluding hydrogens is 1020 g/mol. The van der Waals surface area contributed by atoms with Crippen molar-refractivity contribution in [3.05, 3.63) is 90.0 Å². The highest BCUT2D eigenvalue weighted by molar-refractivity contribution is 5.99. The largest absolute Gasteiger partial charge is 0.481 e. The highest BCUT2D eigenvalue weighted by Crippen LogP contribution is 2.20. The van der Waals surface area contributed by atoms with Gasteiger partial charge in [-0.05, 0) is 36.3 Å². The second-order valence-corrected chi connectivity index (χ2v) is 18.8. The minimum atomic E-state index is -1.88. The van der Waals surface area contributed by atoms with Crippen molar-refractivity contribution in [1.29, 1.82) is 0 Å². The second kappa shape index (κ2) is 31.0. The summed E-state index contributed by atoms with van der Waals surface area (Å²) in [6.45, 7) is -0.0770. The Kier molecular flexibility index (Phi) is 24.7. The number of aliphatic carboxylic acids is 2. The van der Waals surface area contributed by atoms with E-state index in [1.807, 2.05) is 0 Å². The average molecular weight is 1090 g/mol. The summed E-state index contributed by atoms with van der Waals surface area (Å²) in [6.07, 6.45) is 1.61. The topological polar surface area (TPSA) is 443 Å². The van der Waals surface area contributed by atoms with Crippen LogP contribution in [0, 0.1) is 5.92 Å². The summed E-state index contributed by atoms with van der Waals surface area (Å²) in [7, 11) is 0. The Labute approximate surface area is 447 Å². The molecule has 0 saturated carbocycles. The Balaban J connectivity index is 1.43. The number of hydrogen-bond donors (Lipinski definition) is 15. The Morgan fingerprint density at radius 3 is 1.71 bits per heavy atom. The van der Waals surface area contributed by atoms with Crippen LogP contribution in [0.1, 0.15) is 56.4 Å². The van der Waals surface area contributed by atoms with Crippen molar-refractivity contribution < 1.29 is 78.3 Å². The minimum absolute atomic E-state index is 0.0103. The van der Waals surface area contributed by atoms with E-state index in [9.17, 15) is 78.3 Å². The van der Waals surface area contributed by atoms with Crippen LogP contribution in [0.4, 0.5) is 0 Å². The molecule has 1 fully saturated rings. The molecule has 1 saturated heterocycles. The zero-order chi connectivity index (χ0) is 57.5. The Bertz CT molecular complexity index is 2540. The van der Waals surface area contributed by atoms with Crippen LogP contribution in [0.3, 0.4) is 0 Å². The Morgan fingerprint density at radius 1 is 0.628 bits per heavy atom. The van der Waals surface area contributed by atoms with Gasteiger partial charge >= 0.3 is 11.9 Å². The van der Waals surface area contributed by atoms with E-state index in [2.05, 4.69) is 52.5 Å². The van der Waals surface area contributed by atoms with Crippen molar-refractivity contribution in [3.8, 4) is 0 Å². The van der Waals surface area contributed by atoms with Crippen molar-refractivity contribution in [2.45, 2.75) is 113 Å². The number of aliphatic hydroxyl groups excluding tert-OH is 3. The summed E-state index contributed by atoms with van der Waals surface area (Å²) >= 11 is 0. The normalized spacial score (nSPS) is 16.1. The molecule has 9 atom stereocenters. The molecule has 0 spiro atoms. The first-order chi connectivity index (χ1) is 37.1. The molecule has 1 aliphatic rings. The number of amides is 9. The van der Waals surface area contributed by atoms with Crippen molar-refractivity contribution in [2.24, 2.45) is 11.7 Å². The molecule has 0 unspecified atom stereocenters. The van der Waals surface area contributed by atoms with Crippen LogP contribution in [0.15, 0.2) is 73.2 Å². The third-order valence-electron chi connectivity index (χ3n) is 12.2. The van der Waals surface area contributed by atoms with E-state index in [-0.39, 0.29) is 44.6 Å². The molecule has 2 aromatic carbocycles. The van der Waals surface area contributed by atoms with Gasteiger partial charge in [0.2, 0.25) is 53.2 Å². The molecule has 9 amide bonds. The first-order valence-electron chi connectivity index (χ1n) is 24.9. The van der Waals surface area contributed by atoms with Crippen LogP contribution in [-0.4, -0.2) is 193 Å². The molecule has 28 heteroatoms. The molecule has 0 aliphatic carbocycles. The van der Waals surface area contributed by atoms with Crippen LogP contribution in [0.2, 0.25) is 0 Å². The number of aromatic amines is 1. The predicted octanol–water partition coefficient (Wildman–Crippen LogP) is -5.15. The number of hydrogen-bond acceptors (Lipinski definition) is 16.